The molecule has 0 aliphatic heterocycles. The molecule has 0 aliphatic rings. The number of rotatable bonds is 7. The van der Waals surface area contributed by atoms with E-state index in [0.29, 0.717) is 11.6 Å². The molecule has 0 unspecified atom stereocenters. The van der Waals surface area contributed by atoms with Crippen LogP contribution >= 0.6 is 0 Å². The van der Waals surface area contributed by atoms with E-state index in [9.17, 15) is 4.79 Å². The molecule has 0 atom stereocenters. The number of nitrogens with one attached hydrogen (secondary N) is 1. The van der Waals surface area contributed by atoms with Crippen molar-refractivity contribution >= 4 is 23.6 Å². The lowest BCUT2D eigenvalue weighted by atomic mass is 10.2. The number of oxazole rings is 1. The predicted molar refractivity (Wildman–Crippen MR) is 114 cm³/mol. The van der Waals surface area contributed by atoms with Crippen LogP contribution in [0.3, 0.4) is 0 Å². The third-order valence-electron chi connectivity index (χ3n) is 4.27. The number of anilines is 3. The maximum atomic E-state index is 12.2. The van der Waals surface area contributed by atoms with Crippen LogP contribution in [-0.4, -0.2) is 25.9 Å². The summed E-state index contributed by atoms with van der Waals surface area (Å²) in [6, 6.07) is 17.1. The molecule has 31 heavy (non-hydrogen) atoms. The summed E-state index contributed by atoms with van der Waals surface area (Å²) in [5.74, 6) is 0.493. The van der Waals surface area contributed by atoms with Gasteiger partial charge in [0.2, 0.25) is 17.8 Å². The molecule has 0 amide bonds. The first-order valence-electron chi connectivity index (χ1n) is 9.55. The van der Waals surface area contributed by atoms with Gasteiger partial charge in [-0.05, 0) is 31.2 Å². The highest BCUT2D eigenvalue weighted by Gasteiger charge is 2.13. The molecule has 0 fully saturated rings. The maximum Gasteiger partial charge on any atom is 0.312 e. The van der Waals surface area contributed by atoms with Gasteiger partial charge >= 0.3 is 5.97 Å². The summed E-state index contributed by atoms with van der Waals surface area (Å²) < 4.78 is 10.7. The van der Waals surface area contributed by atoms with E-state index in [4.69, 9.17) is 14.9 Å². The molecule has 4 aromatic rings. The predicted octanol–water partition coefficient (Wildman–Crippen LogP) is 3.45. The van der Waals surface area contributed by atoms with Crippen LogP contribution in [0.1, 0.15) is 17.1 Å². The summed E-state index contributed by atoms with van der Waals surface area (Å²) in [6.07, 6.45) is 1.40. The van der Waals surface area contributed by atoms with Gasteiger partial charge in [-0.15, -0.1) is 0 Å². The lowest BCUT2D eigenvalue weighted by Gasteiger charge is -2.08. The molecule has 4 rings (SSSR count). The molecule has 0 radical (unpaired) electrons. The number of hydrogen-bond donors (Lipinski definition) is 2. The number of carbonyl (C=O) groups excluding carboxylic acids is 1. The number of nitrogen functional groups attached to an aromatic ring is 1. The van der Waals surface area contributed by atoms with E-state index in [0.717, 1.165) is 16.8 Å². The van der Waals surface area contributed by atoms with E-state index >= 15 is 0 Å². The van der Waals surface area contributed by atoms with Crippen LogP contribution in [-0.2, 0) is 22.6 Å². The normalized spacial score (nSPS) is 10.6. The number of hydrogen-bond acceptors (Lipinski definition) is 9. The van der Waals surface area contributed by atoms with Gasteiger partial charge < -0.3 is 20.2 Å². The fourth-order valence-electron chi connectivity index (χ4n) is 2.77. The Balaban J connectivity index is 1.35. The van der Waals surface area contributed by atoms with E-state index in [1.54, 1.807) is 0 Å². The Hall–Kier alpha value is -4.27. The van der Waals surface area contributed by atoms with E-state index in [2.05, 4.69) is 25.3 Å². The lowest BCUT2D eigenvalue weighted by Crippen LogP contribution is -2.12. The largest absolute Gasteiger partial charge is 0.457 e. The van der Waals surface area contributed by atoms with Crippen molar-refractivity contribution < 1.29 is 13.9 Å². The standard InChI is InChI=1S/C22H20N6O3/c1-14-7-9-16(10-8-14)25-22-27-18(26-21(23)28-22)13-30-19(29)11-17-12-31-20(24-17)15-5-3-2-4-6-15/h2-10,12H,11,13H2,1H3,(H3,23,25,26,27,28). The zero-order chi connectivity index (χ0) is 21.6. The van der Waals surface area contributed by atoms with Gasteiger partial charge in [0.25, 0.3) is 0 Å². The molecule has 3 N–H and O–H groups in total. The quantitative estimate of drug-likeness (QED) is 0.435. The van der Waals surface area contributed by atoms with Gasteiger partial charge in [-0.25, -0.2) is 4.98 Å². The molecular formula is C22H20N6O3. The monoisotopic (exact) mass is 416 g/mol. The molecule has 2 heterocycles. The second kappa shape index (κ2) is 9.04. The SMILES string of the molecule is Cc1ccc(Nc2nc(N)nc(COC(=O)Cc3coc(-c4ccccc4)n3)n2)cc1. The van der Waals surface area contributed by atoms with E-state index in [1.807, 2.05) is 61.5 Å². The van der Waals surface area contributed by atoms with Crippen molar-refractivity contribution in [3.8, 4) is 11.5 Å². The summed E-state index contributed by atoms with van der Waals surface area (Å²) in [6.45, 7) is 1.86. The first-order valence-corrected chi connectivity index (χ1v) is 9.55. The Bertz CT molecular complexity index is 1180. The van der Waals surface area contributed by atoms with E-state index in [1.165, 1.54) is 6.26 Å². The van der Waals surface area contributed by atoms with Crippen LogP contribution < -0.4 is 11.1 Å². The number of ether oxygens (including phenoxy) is 1. The average molecular weight is 416 g/mol. The Morgan fingerprint density at radius 3 is 2.58 bits per heavy atom. The number of aryl methyl sites for hydroxylation is 1. The highest BCUT2D eigenvalue weighted by Crippen LogP contribution is 2.18. The molecule has 156 valence electrons. The Labute approximate surface area is 178 Å². The zero-order valence-electron chi connectivity index (χ0n) is 16.8. The second-order valence-corrected chi connectivity index (χ2v) is 6.77. The lowest BCUT2D eigenvalue weighted by molar-refractivity contribution is -0.144. The van der Waals surface area contributed by atoms with Crippen molar-refractivity contribution in [3.05, 3.63) is 77.9 Å². The highest BCUT2D eigenvalue weighted by molar-refractivity contribution is 5.72. The van der Waals surface area contributed by atoms with E-state index in [-0.39, 0.29) is 30.7 Å². The van der Waals surface area contributed by atoms with Gasteiger partial charge in [0.1, 0.15) is 6.26 Å². The summed E-state index contributed by atoms with van der Waals surface area (Å²) in [4.78, 5) is 28.8. The molecule has 0 bridgehead atoms. The van der Waals surface area contributed by atoms with Gasteiger partial charge in [0.05, 0.1) is 12.1 Å². The summed E-state index contributed by atoms with van der Waals surface area (Å²) in [5.41, 5.74) is 9.00. The molecule has 9 heteroatoms. The van der Waals surface area contributed by atoms with Crippen molar-refractivity contribution in [2.24, 2.45) is 0 Å². The number of benzene rings is 2. The first-order chi connectivity index (χ1) is 15.0. The Kier molecular flexibility index (Phi) is 5.84. The van der Waals surface area contributed by atoms with Crippen molar-refractivity contribution in [1.82, 2.24) is 19.9 Å². The minimum absolute atomic E-state index is 0.0275. The van der Waals surface area contributed by atoms with Crippen LogP contribution in [0, 0.1) is 6.92 Å². The van der Waals surface area contributed by atoms with Crippen LogP contribution in [0.5, 0.6) is 0 Å². The smallest absolute Gasteiger partial charge is 0.312 e. The summed E-state index contributed by atoms with van der Waals surface area (Å²) >= 11 is 0. The van der Waals surface area contributed by atoms with Gasteiger partial charge in [0, 0.05) is 11.3 Å². The van der Waals surface area contributed by atoms with Crippen molar-refractivity contribution in [2.45, 2.75) is 20.0 Å². The van der Waals surface area contributed by atoms with Gasteiger partial charge in [-0.2, -0.15) is 15.0 Å². The topological polar surface area (TPSA) is 129 Å². The van der Waals surface area contributed by atoms with Crippen molar-refractivity contribution in [1.29, 1.82) is 0 Å². The fourth-order valence-corrected chi connectivity index (χ4v) is 2.77. The van der Waals surface area contributed by atoms with Crippen molar-refractivity contribution in [3.63, 3.8) is 0 Å². The minimum Gasteiger partial charge on any atom is -0.457 e. The Morgan fingerprint density at radius 1 is 1.03 bits per heavy atom. The van der Waals surface area contributed by atoms with Gasteiger partial charge in [-0.3, -0.25) is 4.79 Å². The van der Waals surface area contributed by atoms with Crippen LogP contribution in [0.25, 0.3) is 11.5 Å². The number of esters is 1. The molecule has 0 saturated heterocycles. The second-order valence-electron chi connectivity index (χ2n) is 6.77. The van der Waals surface area contributed by atoms with Crippen LogP contribution in [0.15, 0.2) is 65.3 Å². The van der Waals surface area contributed by atoms with Gasteiger partial charge in [-0.1, -0.05) is 35.9 Å². The first kappa shape index (κ1) is 20.0. The maximum absolute atomic E-state index is 12.2. The van der Waals surface area contributed by atoms with Crippen LogP contribution in [0.2, 0.25) is 0 Å². The van der Waals surface area contributed by atoms with E-state index < -0.39 is 5.97 Å². The fraction of sp³-hybridized carbons (Fsp3) is 0.136. The third kappa shape index (κ3) is 5.41. The molecule has 2 aromatic heterocycles. The molecular weight excluding hydrogens is 396 g/mol. The molecule has 2 aromatic carbocycles. The van der Waals surface area contributed by atoms with Gasteiger partial charge in [0.15, 0.2) is 12.4 Å². The molecule has 0 spiro atoms. The van der Waals surface area contributed by atoms with Crippen molar-refractivity contribution in [2.75, 3.05) is 11.1 Å². The molecule has 0 saturated carbocycles. The third-order valence-corrected chi connectivity index (χ3v) is 4.27. The Morgan fingerprint density at radius 2 is 1.81 bits per heavy atom. The number of nitrogens with zero attached hydrogens (tertiary/aromatic N) is 4. The van der Waals surface area contributed by atoms with Crippen LogP contribution in [0.4, 0.5) is 17.6 Å². The zero-order valence-corrected chi connectivity index (χ0v) is 16.8. The number of aromatic nitrogens is 4. The average Bonchev–Trinajstić information content (AvgIpc) is 3.23. The number of nitrogens with two attached hydrogens (primary N) is 1. The minimum atomic E-state index is -0.486. The highest BCUT2D eigenvalue weighted by atomic mass is 16.5. The number of carbonyl (C=O) groups is 1. The molecule has 0 aliphatic carbocycles. The summed E-state index contributed by atoms with van der Waals surface area (Å²) in [5, 5.41) is 3.05. The molecule has 9 nitrogen and oxygen atoms in total. The summed E-state index contributed by atoms with van der Waals surface area (Å²) in [7, 11) is 0.